The van der Waals surface area contributed by atoms with Crippen molar-refractivity contribution >= 4 is 18.1 Å². The number of likely N-dealkylation sites (N-methyl/N-ethyl adjacent to an activating group) is 1. The molecule has 0 heterocycles. The molecule has 0 bridgehead atoms. The third kappa shape index (κ3) is 27.0. The quantitative estimate of drug-likeness (QED) is 0.126. The summed E-state index contributed by atoms with van der Waals surface area (Å²) in [5.41, 5.74) is 0. The molecule has 244 valence electrons. The molecular weight excluding hydrogens is 546 g/mol. The molecule has 0 aromatic heterocycles. The van der Waals surface area contributed by atoms with Crippen LogP contribution in [0.4, 0.5) is 9.59 Å². The van der Waals surface area contributed by atoms with Crippen LogP contribution in [0, 0.1) is 0 Å². The van der Waals surface area contributed by atoms with Crippen molar-refractivity contribution < 1.29 is 45.5 Å². The summed E-state index contributed by atoms with van der Waals surface area (Å²) >= 11 is 0. The third-order valence-electron chi connectivity index (χ3n) is 7.02. The topological polar surface area (TPSA) is 94.2 Å². The minimum Gasteiger partial charge on any atom is -1.00 e. The minimum absolute atomic E-state index is 0. The second-order valence-corrected chi connectivity index (χ2v) is 11.9. The molecule has 0 fully saturated rings. The van der Waals surface area contributed by atoms with Gasteiger partial charge in [0.1, 0.15) is 19.3 Å². The van der Waals surface area contributed by atoms with Crippen LogP contribution in [0.15, 0.2) is 0 Å². The van der Waals surface area contributed by atoms with Crippen LogP contribution in [0.1, 0.15) is 117 Å². The van der Waals surface area contributed by atoms with E-state index in [1.807, 2.05) is 21.1 Å². The smallest absolute Gasteiger partial charge is 0.416 e. The van der Waals surface area contributed by atoms with Gasteiger partial charge in [0, 0.05) is 20.6 Å². The van der Waals surface area contributed by atoms with E-state index in [9.17, 15) is 14.4 Å². The predicted molar refractivity (Wildman–Crippen MR) is 161 cm³/mol. The number of unbranched alkanes of at least 4 members (excludes halogenated alkanes) is 15. The molecule has 1 unspecified atom stereocenters. The average Bonchev–Trinajstić information content (AvgIpc) is 2.89. The second-order valence-electron chi connectivity index (χ2n) is 11.9. The van der Waals surface area contributed by atoms with Gasteiger partial charge in [0.25, 0.3) is 0 Å². The molecule has 10 heteroatoms. The molecule has 0 aliphatic heterocycles. The highest BCUT2D eigenvalue weighted by molar-refractivity contribution is 5.90. The fourth-order valence-electron chi connectivity index (χ4n) is 4.29. The van der Waals surface area contributed by atoms with Gasteiger partial charge in [-0.05, 0) is 6.42 Å². The Morgan fingerprint density at radius 3 is 1.59 bits per heavy atom. The number of rotatable bonds is 25. The first-order valence-corrected chi connectivity index (χ1v) is 15.8. The van der Waals surface area contributed by atoms with Crippen LogP contribution in [-0.4, -0.2) is 94.7 Å². The third-order valence-corrected chi connectivity index (χ3v) is 7.02. The van der Waals surface area contributed by atoms with Crippen molar-refractivity contribution in [2.24, 2.45) is 0 Å². The average molecular weight is 608 g/mol. The van der Waals surface area contributed by atoms with Crippen molar-refractivity contribution in [3.63, 3.8) is 0 Å². The lowest BCUT2D eigenvalue weighted by atomic mass is 10.0. The number of hydrogen-bond acceptors (Lipinski definition) is 6. The zero-order valence-corrected chi connectivity index (χ0v) is 27.9. The zero-order chi connectivity index (χ0) is 30.1. The summed E-state index contributed by atoms with van der Waals surface area (Å²) in [6.45, 7) is 4.87. The first-order valence-electron chi connectivity index (χ1n) is 15.8. The number of hydrogen-bond donors (Lipinski definition) is 1. The van der Waals surface area contributed by atoms with Gasteiger partial charge < -0.3 is 36.4 Å². The second kappa shape index (κ2) is 27.3. The molecule has 1 atom stereocenters. The molecule has 0 aromatic rings. The zero-order valence-electron chi connectivity index (χ0n) is 27.1. The first-order chi connectivity index (χ1) is 19.1. The Bertz CT molecular complexity index is 660. The van der Waals surface area contributed by atoms with E-state index in [0.717, 1.165) is 17.7 Å². The van der Waals surface area contributed by atoms with Gasteiger partial charge in [-0.25, -0.2) is 14.5 Å². The first kappa shape index (κ1) is 41.6. The summed E-state index contributed by atoms with van der Waals surface area (Å²) in [6.07, 6.45) is 19.1. The van der Waals surface area contributed by atoms with Gasteiger partial charge in [0.2, 0.25) is 5.91 Å². The number of nitrogens with one attached hydrogen (secondary N) is 1. The van der Waals surface area contributed by atoms with Gasteiger partial charge >= 0.3 is 12.2 Å². The molecule has 0 rings (SSSR count). The predicted octanol–water partition coefficient (Wildman–Crippen LogP) is 3.68. The Kier molecular flexibility index (Phi) is 27.6. The lowest BCUT2D eigenvalue weighted by Gasteiger charge is -2.27. The fourth-order valence-corrected chi connectivity index (χ4v) is 4.29. The van der Waals surface area contributed by atoms with Crippen LogP contribution in [0.5, 0.6) is 0 Å². The van der Waals surface area contributed by atoms with Gasteiger partial charge in [-0.3, -0.25) is 4.79 Å². The molecule has 0 aromatic carbocycles. The van der Waals surface area contributed by atoms with Gasteiger partial charge in [-0.2, -0.15) is 0 Å². The number of amides is 3. The Balaban J connectivity index is 0. The summed E-state index contributed by atoms with van der Waals surface area (Å²) in [4.78, 5) is 37.2. The van der Waals surface area contributed by atoms with Gasteiger partial charge in [-0.15, -0.1) is 0 Å². The number of nitrogens with zero attached hydrogens (tertiary/aromatic N) is 2. The monoisotopic (exact) mass is 607 g/mol. The van der Waals surface area contributed by atoms with Crippen LogP contribution in [-0.2, 0) is 19.0 Å². The normalized spacial score (nSPS) is 11.9. The van der Waals surface area contributed by atoms with Crippen LogP contribution in [0.3, 0.4) is 0 Å². The van der Waals surface area contributed by atoms with Gasteiger partial charge in [0.05, 0.1) is 34.2 Å². The molecule has 1 N–H and O–H groups in total. The standard InChI is InChI=1S/C31H61N3O6.ClH/c1-7-8-9-10-11-12-13-14-15-16-17-18-19-20-21-22-23-32-30(36)39-26-29(38-6)27-40-31(37)33(28(2)35)24-25-34(3,4)5;/h29H,7-27H2,1-6H3;1H. The highest BCUT2D eigenvalue weighted by Gasteiger charge is 2.24. The largest absolute Gasteiger partial charge is 1.00 e. The summed E-state index contributed by atoms with van der Waals surface area (Å²) in [7, 11) is 7.39. The number of carbonyl (C=O) groups excluding carboxylic acids is 3. The van der Waals surface area contributed by atoms with E-state index in [-0.39, 0.29) is 38.1 Å². The number of ether oxygens (including phenoxy) is 3. The molecule has 0 saturated carbocycles. The molecular formula is C31H62ClN3O6. The SMILES string of the molecule is CCCCCCCCCCCCCCCCCCNC(=O)OCC(COC(=O)N(CC[N+](C)(C)C)C(C)=O)OC.[Cl-]. The minimum atomic E-state index is -0.726. The highest BCUT2D eigenvalue weighted by atomic mass is 35.5. The molecule has 0 aliphatic rings. The molecule has 0 spiro atoms. The number of halogens is 1. The van der Waals surface area contributed by atoms with E-state index >= 15 is 0 Å². The highest BCUT2D eigenvalue weighted by Crippen LogP contribution is 2.13. The molecule has 0 radical (unpaired) electrons. The lowest BCUT2D eigenvalue weighted by molar-refractivity contribution is -0.869. The number of imide groups is 1. The Hall–Kier alpha value is -1.58. The van der Waals surface area contributed by atoms with E-state index in [0.29, 0.717) is 17.6 Å². The van der Waals surface area contributed by atoms with E-state index in [2.05, 4.69) is 12.2 Å². The molecule has 0 aliphatic carbocycles. The van der Waals surface area contributed by atoms with Crippen molar-refractivity contribution in [2.75, 3.05) is 61.1 Å². The molecule has 9 nitrogen and oxygen atoms in total. The van der Waals surface area contributed by atoms with Crippen LogP contribution >= 0.6 is 0 Å². The summed E-state index contributed by atoms with van der Waals surface area (Å²) in [5.74, 6) is -0.378. The Labute approximate surface area is 257 Å². The van der Waals surface area contributed by atoms with Crippen molar-refractivity contribution in [3.05, 3.63) is 0 Å². The van der Waals surface area contributed by atoms with E-state index in [1.165, 1.54) is 104 Å². The van der Waals surface area contributed by atoms with Crippen LogP contribution < -0.4 is 17.7 Å². The maximum absolute atomic E-state index is 12.3. The fraction of sp³-hybridized carbons (Fsp3) is 0.903. The van der Waals surface area contributed by atoms with Crippen molar-refractivity contribution in [1.29, 1.82) is 0 Å². The molecule has 0 saturated heterocycles. The van der Waals surface area contributed by atoms with Crippen molar-refractivity contribution in [3.8, 4) is 0 Å². The summed E-state index contributed by atoms with van der Waals surface area (Å²) in [6, 6.07) is 0. The Morgan fingerprint density at radius 1 is 0.732 bits per heavy atom. The maximum atomic E-state index is 12.3. The summed E-state index contributed by atoms with van der Waals surface area (Å²) in [5, 5.41) is 2.76. The van der Waals surface area contributed by atoms with Crippen LogP contribution in [0.2, 0.25) is 0 Å². The molecule has 3 amide bonds. The van der Waals surface area contributed by atoms with E-state index < -0.39 is 18.3 Å². The van der Waals surface area contributed by atoms with Gasteiger partial charge in [0.15, 0.2) is 0 Å². The van der Waals surface area contributed by atoms with Crippen molar-refractivity contribution in [1.82, 2.24) is 10.2 Å². The van der Waals surface area contributed by atoms with Gasteiger partial charge in [-0.1, -0.05) is 103 Å². The van der Waals surface area contributed by atoms with E-state index in [1.54, 1.807) is 0 Å². The number of quaternary nitrogens is 1. The van der Waals surface area contributed by atoms with E-state index in [4.69, 9.17) is 14.2 Å². The lowest BCUT2D eigenvalue weighted by Crippen LogP contribution is -3.00. The Morgan fingerprint density at radius 2 is 1.17 bits per heavy atom. The van der Waals surface area contributed by atoms with Crippen LogP contribution in [0.25, 0.3) is 0 Å². The number of alkyl carbamates (subject to hydrolysis) is 1. The number of methoxy groups -OCH3 is 1. The number of carbonyl (C=O) groups is 3. The maximum Gasteiger partial charge on any atom is 0.416 e. The van der Waals surface area contributed by atoms with Crippen molar-refractivity contribution in [2.45, 2.75) is 123 Å². The summed E-state index contributed by atoms with van der Waals surface area (Å²) < 4.78 is 16.3. The molecule has 41 heavy (non-hydrogen) atoms.